The number of likely N-dealkylation sites (tertiary alicyclic amines) is 1. The van der Waals surface area contributed by atoms with Crippen molar-refractivity contribution in [3.8, 4) is 5.75 Å². The van der Waals surface area contributed by atoms with Gasteiger partial charge in [-0.3, -0.25) is 14.5 Å². The zero-order valence-corrected chi connectivity index (χ0v) is 23.2. The number of amides is 2. The molecule has 2 fully saturated rings. The summed E-state index contributed by atoms with van der Waals surface area (Å²) in [5.41, 5.74) is 1.67. The van der Waals surface area contributed by atoms with E-state index in [1.807, 2.05) is 4.90 Å². The number of unbranched alkanes of at least 4 members (excludes halogenated alkanes) is 1. The van der Waals surface area contributed by atoms with E-state index in [4.69, 9.17) is 4.74 Å². The average Bonchev–Trinajstić information content (AvgIpc) is 2.79. The lowest BCUT2D eigenvalue weighted by Crippen LogP contribution is -2.73. The first kappa shape index (κ1) is 29.5. The fraction of sp³-hybridized carbons (Fsp3) is 0.692. The number of nitrogens with one attached hydrogen (secondary N) is 1. The maximum Gasteiger partial charge on any atom is 0.246 e. The van der Waals surface area contributed by atoms with Crippen molar-refractivity contribution in [2.24, 2.45) is 5.92 Å². The number of rotatable bonds is 7. The molecule has 3 aliphatic rings. The molecule has 2 saturated heterocycles. The number of halogens is 2. The lowest BCUT2D eigenvalue weighted by molar-refractivity contribution is -0.161. The zero-order valence-electron chi connectivity index (χ0n) is 21.5. The molecule has 0 radical (unpaired) electrons. The predicted molar refractivity (Wildman–Crippen MR) is 145 cm³/mol. The third-order valence-electron chi connectivity index (χ3n) is 7.46. The number of likely N-dealkylation sites (N-methyl/N-ethyl adjacent to an activating group) is 1. The van der Waals surface area contributed by atoms with Crippen molar-refractivity contribution in [2.75, 3.05) is 44.7 Å². The van der Waals surface area contributed by atoms with Crippen LogP contribution in [0.2, 0.25) is 0 Å². The number of fused-ring (bicyclic) bond motifs is 1. The Morgan fingerprint density at radius 2 is 1.86 bits per heavy atom. The second kappa shape index (κ2) is 12.5. The molecule has 4 rings (SSSR count). The summed E-state index contributed by atoms with van der Waals surface area (Å²) in [7, 11) is 2.09. The molecule has 3 heterocycles. The van der Waals surface area contributed by atoms with Gasteiger partial charge in [-0.25, -0.2) is 0 Å². The van der Waals surface area contributed by atoms with Crippen molar-refractivity contribution in [1.29, 1.82) is 0 Å². The number of ether oxygens (including phenoxy) is 1. The summed E-state index contributed by atoms with van der Waals surface area (Å²) in [5, 5.41) is 3.10. The van der Waals surface area contributed by atoms with Gasteiger partial charge in [-0.05, 0) is 49.3 Å². The average molecular weight is 530 g/mol. The molecular weight excluding hydrogens is 487 g/mol. The van der Waals surface area contributed by atoms with Crippen molar-refractivity contribution in [2.45, 2.75) is 71.0 Å². The molecule has 0 bridgehead atoms. The molecule has 1 aromatic rings. The van der Waals surface area contributed by atoms with Crippen molar-refractivity contribution < 1.29 is 14.3 Å². The lowest BCUT2D eigenvalue weighted by Gasteiger charge is -2.52. The topological polar surface area (TPSA) is 65.1 Å². The molecular formula is C26H42Cl2N4O3. The number of carbonyl (C=O) groups excluding carboxylic acids is 2. The first-order valence-electron chi connectivity index (χ1n) is 12.7. The van der Waals surface area contributed by atoms with Gasteiger partial charge in [0.1, 0.15) is 23.9 Å². The highest BCUT2D eigenvalue weighted by atomic mass is 35.5. The molecule has 1 unspecified atom stereocenters. The highest BCUT2D eigenvalue weighted by Gasteiger charge is 2.53. The first-order chi connectivity index (χ1) is 15.8. The fourth-order valence-electron chi connectivity index (χ4n) is 5.48. The van der Waals surface area contributed by atoms with Crippen molar-refractivity contribution in [3.05, 3.63) is 23.8 Å². The molecule has 0 aromatic heterocycles. The van der Waals surface area contributed by atoms with E-state index in [2.05, 4.69) is 61.1 Å². The number of piperidine rings is 1. The maximum absolute atomic E-state index is 13.4. The fourth-order valence-corrected chi connectivity index (χ4v) is 5.48. The number of anilines is 1. The van der Waals surface area contributed by atoms with E-state index < -0.39 is 5.54 Å². The van der Waals surface area contributed by atoms with Crippen molar-refractivity contribution in [1.82, 2.24) is 15.1 Å². The molecule has 7 nitrogen and oxygen atoms in total. The van der Waals surface area contributed by atoms with Crippen LogP contribution in [0.15, 0.2) is 18.2 Å². The van der Waals surface area contributed by atoms with E-state index in [0.717, 1.165) is 50.5 Å². The quantitative estimate of drug-likeness (QED) is 0.581. The molecule has 0 saturated carbocycles. The first-order valence-corrected chi connectivity index (χ1v) is 12.7. The standard InChI is InChI=1S/C26H40N4O3.2ClH/c1-5-6-11-30-24(31)21(16-19(2)3)27-25(32)26(30)9-12-29(13-10-26)18-20-7-8-22-23(17-20)33-15-14-28(22)4;;/h7-8,17,19,21H,5-6,9-16,18H2,1-4H3,(H,27,32);2*1H. The minimum atomic E-state index is -0.697. The molecule has 198 valence electrons. The van der Waals surface area contributed by atoms with Gasteiger partial charge in [-0.2, -0.15) is 0 Å². The zero-order chi connectivity index (χ0) is 23.6. The molecule has 1 aromatic carbocycles. The predicted octanol–water partition coefficient (Wildman–Crippen LogP) is 3.87. The van der Waals surface area contributed by atoms with Crippen LogP contribution in [-0.4, -0.2) is 73.0 Å². The van der Waals surface area contributed by atoms with Gasteiger partial charge in [0.2, 0.25) is 11.8 Å². The normalized spacial score (nSPS) is 21.7. The number of hydrogen-bond donors (Lipinski definition) is 1. The van der Waals surface area contributed by atoms with E-state index >= 15 is 0 Å². The van der Waals surface area contributed by atoms with Gasteiger partial charge in [0.15, 0.2) is 0 Å². The van der Waals surface area contributed by atoms with Crippen molar-refractivity contribution >= 4 is 42.3 Å². The lowest BCUT2D eigenvalue weighted by atomic mass is 9.80. The highest BCUT2D eigenvalue weighted by Crippen LogP contribution is 2.36. The van der Waals surface area contributed by atoms with Crippen LogP contribution in [0.1, 0.15) is 58.4 Å². The third kappa shape index (κ3) is 6.17. The van der Waals surface area contributed by atoms with Gasteiger partial charge >= 0.3 is 0 Å². The van der Waals surface area contributed by atoms with E-state index in [-0.39, 0.29) is 42.7 Å². The second-order valence-electron chi connectivity index (χ2n) is 10.4. The van der Waals surface area contributed by atoms with Crippen LogP contribution in [0.25, 0.3) is 0 Å². The number of piperazine rings is 1. The Morgan fingerprint density at radius 3 is 2.51 bits per heavy atom. The van der Waals surface area contributed by atoms with Gasteiger partial charge in [-0.15, -0.1) is 24.8 Å². The summed E-state index contributed by atoms with van der Waals surface area (Å²) >= 11 is 0. The summed E-state index contributed by atoms with van der Waals surface area (Å²) in [6.07, 6.45) is 4.02. The Bertz CT molecular complexity index is 874. The van der Waals surface area contributed by atoms with E-state index in [9.17, 15) is 9.59 Å². The van der Waals surface area contributed by atoms with E-state index in [0.29, 0.717) is 38.3 Å². The van der Waals surface area contributed by atoms with Crippen LogP contribution in [-0.2, 0) is 16.1 Å². The molecule has 1 atom stereocenters. The van der Waals surface area contributed by atoms with Gasteiger partial charge in [0, 0.05) is 33.2 Å². The van der Waals surface area contributed by atoms with Crippen LogP contribution < -0.4 is 15.0 Å². The van der Waals surface area contributed by atoms with Crippen molar-refractivity contribution in [3.63, 3.8) is 0 Å². The summed E-state index contributed by atoms with van der Waals surface area (Å²) in [6.45, 7) is 11.1. The molecule has 0 aliphatic carbocycles. The molecule has 3 aliphatic heterocycles. The largest absolute Gasteiger partial charge is 0.490 e. The Labute approximate surface area is 222 Å². The Balaban J connectivity index is 0.00000216. The number of nitrogens with zero attached hydrogens (tertiary/aromatic N) is 3. The maximum atomic E-state index is 13.4. The number of carbonyl (C=O) groups is 2. The van der Waals surface area contributed by atoms with Crippen LogP contribution >= 0.6 is 24.8 Å². The minimum Gasteiger partial charge on any atom is -0.490 e. The number of hydrogen-bond acceptors (Lipinski definition) is 5. The summed E-state index contributed by atoms with van der Waals surface area (Å²) in [6, 6.07) is 6.08. The monoisotopic (exact) mass is 528 g/mol. The van der Waals surface area contributed by atoms with Gasteiger partial charge in [-0.1, -0.05) is 33.3 Å². The van der Waals surface area contributed by atoms with Crippen LogP contribution in [0, 0.1) is 5.92 Å². The molecule has 1 spiro atoms. The Morgan fingerprint density at radius 1 is 1.14 bits per heavy atom. The van der Waals surface area contributed by atoms with Crippen LogP contribution in [0.4, 0.5) is 5.69 Å². The van der Waals surface area contributed by atoms with Gasteiger partial charge in [0.25, 0.3) is 0 Å². The summed E-state index contributed by atoms with van der Waals surface area (Å²) < 4.78 is 5.87. The van der Waals surface area contributed by atoms with E-state index in [1.165, 1.54) is 5.56 Å². The highest BCUT2D eigenvalue weighted by molar-refractivity contribution is 6.00. The number of benzene rings is 1. The third-order valence-corrected chi connectivity index (χ3v) is 7.46. The SMILES string of the molecule is CCCCN1C(=O)C(CC(C)C)NC(=O)C12CCN(Cc1ccc3c(c1)OCCN3C)CC2.Cl.Cl. The van der Waals surface area contributed by atoms with Crippen LogP contribution in [0.3, 0.4) is 0 Å². The molecule has 35 heavy (non-hydrogen) atoms. The molecule has 9 heteroatoms. The summed E-state index contributed by atoms with van der Waals surface area (Å²) in [4.78, 5) is 33.4. The molecule has 1 N–H and O–H groups in total. The minimum absolute atomic E-state index is 0. The van der Waals surface area contributed by atoms with Crippen LogP contribution in [0.5, 0.6) is 5.75 Å². The summed E-state index contributed by atoms with van der Waals surface area (Å²) in [5.74, 6) is 1.48. The second-order valence-corrected chi connectivity index (χ2v) is 10.4. The van der Waals surface area contributed by atoms with Gasteiger partial charge < -0.3 is 19.9 Å². The smallest absolute Gasteiger partial charge is 0.246 e. The van der Waals surface area contributed by atoms with E-state index in [1.54, 1.807) is 0 Å². The van der Waals surface area contributed by atoms with Gasteiger partial charge in [0.05, 0.1) is 12.2 Å². The Kier molecular flexibility index (Phi) is 10.6. The molecule has 2 amide bonds. The Hall–Kier alpha value is -1.70.